The zero-order chi connectivity index (χ0) is 19.2. The minimum absolute atomic E-state index is 0.0449. The molecule has 0 saturated heterocycles. The maximum atomic E-state index is 12.4. The van der Waals surface area contributed by atoms with Crippen molar-refractivity contribution >= 4 is 44.4 Å². The molecule has 0 atom stereocenters. The maximum Gasteiger partial charge on any atom is 0.268 e. The van der Waals surface area contributed by atoms with Gasteiger partial charge >= 0.3 is 0 Å². The lowest BCUT2D eigenvalue weighted by Crippen LogP contribution is -2.13. The summed E-state index contributed by atoms with van der Waals surface area (Å²) in [7, 11) is 0. The summed E-state index contributed by atoms with van der Waals surface area (Å²) >= 11 is 4.83. The van der Waals surface area contributed by atoms with Gasteiger partial charge in [0.1, 0.15) is 11.6 Å². The molecule has 0 unspecified atom stereocenters. The third kappa shape index (κ3) is 5.36. The molecule has 0 bridgehead atoms. The Hall–Kier alpha value is -2.75. The van der Waals surface area contributed by atoms with E-state index in [1.807, 2.05) is 61.5 Å². The maximum absolute atomic E-state index is 12.4. The Labute approximate surface area is 170 Å². The van der Waals surface area contributed by atoms with Crippen molar-refractivity contribution in [2.45, 2.75) is 13.3 Å². The van der Waals surface area contributed by atoms with Crippen molar-refractivity contribution in [3.63, 3.8) is 0 Å². The van der Waals surface area contributed by atoms with Crippen LogP contribution in [-0.4, -0.2) is 10.9 Å². The van der Waals surface area contributed by atoms with Crippen LogP contribution in [0.25, 0.3) is 6.08 Å². The van der Waals surface area contributed by atoms with E-state index in [4.69, 9.17) is 0 Å². The highest BCUT2D eigenvalue weighted by atomic mass is 79.9. The molecule has 0 saturated carbocycles. The number of nitriles is 1. The second kappa shape index (κ2) is 8.76. The number of aromatic nitrogens is 1. The molecule has 6 heteroatoms. The van der Waals surface area contributed by atoms with E-state index in [2.05, 4.69) is 26.2 Å². The number of benzene rings is 2. The lowest BCUT2D eigenvalue weighted by molar-refractivity contribution is -0.112. The molecule has 4 nitrogen and oxygen atoms in total. The van der Waals surface area contributed by atoms with Gasteiger partial charge in [-0.05, 0) is 36.3 Å². The number of carbonyl (C=O) groups excluding carboxylic acids is 1. The van der Waals surface area contributed by atoms with Gasteiger partial charge in [-0.15, -0.1) is 11.3 Å². The first-order valence-corrected chi connectivity index (χ1v) is 9.83. The summed E-state index contributed by atoms with van der Waals surface area (Å²) in [4.78, 5) is 17.7. The van der Waals surface area contributed by atoms with Gasteiger partial charge in [0, 0.05) is 22.0 Å². The van der Waals surface area contributed by atoms with Crippen LogP contribution < -0.4 is 5.32 Å². The van der Waals surface area contributed by atoms with Gasteiger partial charge in [-0.2, -0.15) is 5.26 Å². The minimum Gasteiger partial charge on any atom is -0.297 e. The SMILES string of the molecule is Cc1ccc(/C=C(\C#N)C(=O)Nc2ncc(Cc3ccc(Br)cc3)s2)cc1. The smallest absolute Gasteiger partial charge is 0.268 e. The van der Waals surface area contributed by atoms with E-state index in [1.54, 1.807) is 12.3 Å². The van der Waals surface area contributed by atoms with Crippen LogP contribution in [0.4, 0.5) is 5.13 Å². The Morgan fingerprint density at radius 1 is 1.22 bits per heavy atom. The van der Waals surface area contributed by atoms with Crippen LogP contribution in [0, 0.1) is 18.3 Å². The number of hydrogen-bond acceptors (Lipinski definition) is 4. The van der Waals surface area contributed by atoms with E-state index < -0.39 is 5.91 Å². The number of amides is 1. The average Bonchev–Trinajstić information content (AvgIpc) is 3.10. The van der Waals surface area contributed by atoms with E-state index in [0.717, 1.165) is 32.5 Å². The van der Waals surface area contributed by atoms with Gasteiger partial charge in [0.2, 0.25) is 0 Å². The van der Waals surface area contributed by atoms with Crippen molar-refractivity contribution in [3.05, 3.63) is 86.3 Å². The highest BCUT2D eigenvalue weighted by Crippen LogP contribution is 2.22. The summed E-state index contributed by atoms with van der Waals surface area (Å²) in [6, 6.07) is 17.7. The van der Waals surface area contributed by atoms with Crippen LogP contribution in [0.5, 0.6) is 0 Å². The van der Waals surface area contributed by atoms with E-state index in [0.29, 0.717) is 5.13 Å². The molecule has 134 valence electrons. The fourth-order valence-electron chi connectivity index (χ4n) is 2.39. The third-order valence-corrected chi connectivity index (χ3v) is 5.26. The van der Waals surface area contributed by atoms with Gasteiger partial charge in [-0.25, -0.2) is 4.98 Å². The fourth-order valence-corrected chi connectivity index (χ4v) is 3.50. The second-order valence-electron chi connectivity index (χ2n) is 5.97. The predicted octanol–water partition coefficient (Wildman–Crippen LogP) is 5.35. The van der Waals surface area contributed by atoms with E-state index in [-0.39, 0.29) is 5.57 Å². The Balaban J connectivity index is 1.68. The number of rotatable bonds is 5. The highest BCUT2D eigenvalue weighted by Gasteiger charge is 2.12. The third-order valence-electron chi connectivity index (χ3n) is 3.82. The van der Waals surface area contributed by atoms with Gasteiger partial charge in [-0.3, -0.25) is 10.1 Å². The van der Waals surface area contributed by atoms with Crippen molar-refractivity contribution < 1.29 is 4.79 Å². The summed E-state index contributed by atoms with van der Waals surface area (Å²) in [5.41, 5.74) is 3.14. The van der Waals surface area contributed by atoms with Gasteiger partial charge in [-0.1, -0.05) is 57.9 Å². The van der Waals surface area contributed by atoms with Crippen LogP contribution in [0.3, 0.4) is 0 Å². The number of aryl methyl sites for hydroxylation is 1. The van der Waals surface area contributed by atoms with Gasteiger partial charge in [0.25, 0.3) is 5.91 Å². The minimum atomic E-state index is -0.456. The summed E-state index contributed by atoms with van der Waals surface area (Å²) in [5, 5.41) is 12.5. The lowest BCUT2D eigenvalue weighted by atomic mass is 10.1. The normalized spacial score (nSPS) is 11.1. The average molecular weight is 438 g/mol. The van der Waals surface area contributed by atoms with Crippen LogP contribution >= 0.6 is 27.3 Å². The number of carbonyl (C=O) groups is 1. The van der Waals surface area contributed by atoms with Gasteiger partial charge in [0.05, 0.1) is 0 Å². The number of hydrogen-bond donors (Lipinski definition) is 1. The molecule has 0 aliphatic heterocycles. The Kier molecular flexibility index (Phi) is 6.17. The topological polar surface area (TPSA) is 65.8 Å². The van der Waals surface area contributed by atoms with Gasteiger partial charge < -0.3 is 0 Å². The van der Waals surface area contributed by atoms with Crippen molar-refractivity contribution in [2.24, 2.45) is 0 Å². The summed E-state index contributed by atoms with van der Waals surface area (Å²) in [6.07, 6.45) is 4.06. The molecule has 0 spiro atoms. The zero-order valence-corrected chi connectivity index (χ0v) is 17.0. The molecule has 0 radical (unpaired) electrons. The first-order chi connectivity index (χ1) is 13.0. The largest absolute Gasteiger partial charge is 0.297 e. The molecule has 1 amide bonds. The molecule has 27 heavy (non-hydrogen) atoms. The number of thiazole rings is 1. The predicted molar refractivity (Wildman–Crippen MR) is 112 cm³/mol. The fraction of sp³-hybridized carbons (Fsp3) is 0.0952. The van der Waals surface area contributed by atoms with Crippen molar-refractivity contribution in [1.82, 2.24) is 4.98 Å². The number of nitrogens with one attached hydrogen (secondary N) is 1. The second-order valence-corrected chi connectivity index (χ2v) is 8.00. The molecule has 3 rings (SSSR count). The molecule has 1 heterocycles. The summed E-state index contributed by atoms with van der Waals surface area (Å²) in [5.74, 6) is -0.456. The van der Waals surface area contributed by atoms with E-state index in [9.17, 15) is 10.1 Å². The lowest BCUT2D eigenvalue weighted by Gasteiger charge is -2.01. The monoisotopic (exact) mass is 437 g/mol. The van der Waals surface area contributed by atoms with Crippen molar-refractivity contribution in [1.29, 1.82) is 5.26 Å². The molecular weight excluding hydrogens is 422 g/mol. The van der Waals surface area contributed by atoms with Crippen LogP contribution in [0.2, 0.25) is 0 Å². The molecular formula is C21H16BrN3OS. The molecule has 0 aliphatic carbocycles. The number of anilines is 1. The molecule has 0 aliphatic rings. The Bertz CT molecular complexity index is 1010. The van der Waals surface area contributed by atoms with Crippen LogP contribution in [0.15, 0.2) is 64.8 Å². The number of nitrogens with zero attached hydrogens (tertiary/aromatic N) is 2. The Morgan fingerprint density at radius 3 is 2.59 bits per heavy atom. The molecule has 2 aromatic carbocycles. The Morgan fingerprint density at radius 2 is 1.93 bits per heavy atom. The molecule has 0 fully saturated rings. The molecule has 3 aromatic rings. The van der Waals surface area contributed by atoms with Gasteiger partial charge in [0.15, 0.2) is 5.13 Å². The zero-order valence-electron chi connectivity index (χ0n) is 14.6. The van der Waals surface area contributed by atoms with E-state index >= 15 is 0 Å². The van der Waals surface area contributed by atoms with Crippen molar-refractivity contribution in [2.75, 3.05) is 5.32 Å². The highest BCUT2D eigenvalue weighted by molar-refractivity contribution is 9.10. The summed E-state index contributed by atoms with van der Waals surface area (Å²) in [6.45, 7) is 1.99. The standard InChI is InChI=1S/C21H16BrN3OS/c1-14-2-4-15(5-3-14)10-17(12-23)20(26)25-21-24-13-19(27-21)11-16-6-8-18(22)9-7-16/h2-10,13H,11H2,1H3,(H,24,25,26)/b17-10+. The van der Waals surface area contributed by atoms with Crippen LogP contribution in [0.1, 0.15) is 21.6 Å². The quantitative estimate of drug-likeness (QED) is 0.431. The first-order valence-electron chi connectivity index (χ1n) is 8.22. The summed E-state index contributed by atoms with van der Waals surface area (Å²) < 4.78 is 1.04. The molecule has 1 N–H and O–H groups in total. The van der Waals surface area contributed by atoms with Crippen LogP contribution in [-0.2, 0) is 11.2 Å². The molecule has 1 aromatic heterocycles. The van der Waals surface area contributed by atoms with Crippen molar-refractivity contribution in [3.8, 4) is 6.07 Å². The first kappa shape index (κ1) is 19.0. The number of halogens is 1. The van der Waals surface area contributed by atoms with E-state index in [1.165, 1.54) is 11.3 Å².